The van der Waals surface area contributed by atoms with Gasteiger partial charge in [-0.1, -0.05) is 18.2 Å². The summed E-state index contributed by atoms with van der Waals surface area (Å²) in [5.41, 5.74) is 12.6. The predicted molar refractivity (Wildman–Crippen MR) is 131 cm³/mol. The number of hydrogen-bond acceptors (Lipinski definition) is 6. The van der Waals surface area contributed by atoms with E-state index in [1.165, 1.54) is 4.68 Å². The molecule has 0 unspecified atom stereocenters. The summed E-state index contributed by atoms with van der Waals surface area (Å²) in [6.07, 6.45) is 4.99. The van der Waals surface area contributed by atoms with E-state index < -0.39 is 0 Å². The third-order valence-electron chi connectivity index (χ3n) is 5.49. The fourth-order valence-electron chi connectivity index (χ4n) is 3.57. The number of hydrogen-bond donors (Lipinski definition) is 2. The highest BCUT2D eigenvalue weighted by atomic mass is 16.1. The van der Waals surface area contributed by atoms with Crippen LogP contribution in [0.3, 0.4) is 0 Å². The van der Waals surface area contributed by atoms with Gasteiger partial charge in [0.05, 0.1) is 17.2 Å². The summed E-state index contributed by atoms with van der Waals surface area (Å²) in [6.45, 7) is 4.02. The van der Waals surface area contributed by atoms with Crippen LogP contribution in [0.4, 0.5) is 11.5 Å². The first kappa shape index (κ1) is 20.3. The van der Waals surface area contributed by atoms with Gasteiger partial charge in [-0.05, 0) is 66.9 Å². The molecule has 0 fully saturated rings. The van der Waals surface area contributed by atoms with Gasteiger partial charge in [-0.3, -0.25) is 9.78 Å². The van der Waals surface area contributed by atoms with Crippen molar-refractivity contribution in [2.75, 3.05) is 11.1 Å². The molecule has 0 radical (unpaired) electrons. The molecule has 3 aromatic heterocycles. The van der Waals surface area contributed by atoms with Crippen molar-refractivity contribution < 1.29 is 4.79 Å². The summed E-state index contributed by atoms with van der Waals surface area (Å²) in [5.74, 6) is -0.213. The van der Waals surface area contributed by atoms with Crippen LogP contribution in [-0.4, -0.2) is 31.7 Å². The lowest BCUT2D eigenvalue weighted by Crippen LogP contribution is -2.14. The number of nitrogens with zero attached hydrogens (tertiary/aromatic N) is 5. The lowest BCUT2D eigenvalue weighted by atomic mass is 10.1. The van der Waals surface area contributed by atoms with Crippen molar-refractivity contribution in [2.24, 2.45) is 5.10 Å². The molecular formula is C25H21N7O. The molecule has 0 atom stereocenters. The van der Waals surface area contributed by atoms with E-state index in [-0.39, 0.29) is 17.3 Å². The molecular weight excluding hydrogens is 414 g/mol. The Morgan fingerprint density at radius 3 is 2.45 bits per heavy atom. The Morgan fingerprint density at radius 2 is 1.73 bits per heavy atom. The van der Waals surface area contributed by atoms with Gasteiger partial charge in [-0.15, -0.1) is 0 Å². The molecule has 0 aliphatic rings. The molecule has 3 heterocycles. The summed E-state index contributed by atoms with van der Waals surface area (Å²) < 4.78 is 1.45. The second-order valence-electron chi connectivity index (χ2n) is 7.73. The van der Waals surface area contributed by atoms with Crippen LogP contribution in [0.15, 0.2) is 72.1 Å². The number of aryl methyl sites for hydroxylation is 2. The molecule has 2 aromatic carbocycles. The highest BCUT2D eigenvalue weighted by Gasteiger charge is 2.24. The Balaban J connectivity index is 1.66. The second-order valence-corrected chi connectivity index (χ2v) is 7.73. The lowest BCUT2D eigenvalue weighted by molar-refractivity contribution is 0.102. The number of para-hydroxylation sites is 2. The minimum atomic E-state index is -0.372. The number of nitrogen functional groups attached to an aromatic ring is 1. The summed E-state index contributed by atoms with van der Waals surface area (Å²) in [5, 5.41) is 7.44. The lowest BCUT2D eigenvalue weighted by Gasteiger charge is -2.08. The van der Waals surface area contributed by atoms with Gasteiger partial charge in [-0.25, -0.2) is 9.97 Å². The van der Waals surface area contributed by atoms with E-state index in [4.69, 9.17) is 15.7 Å². The number of nitrogens with one attached hydrogen (secondary N) is 1. The first-order valence-corrected chi connectivity index (χ1v) is 10.4. The minimum Gasteiger partial charge on any atom is -0.383 e. The van der Waals surface area contributed by atoms with Gasteiger partial charge >= 0.3 is 0 Å². The Bertz CT molecular complexity index is 1540. The fraction of sp³-hybridized carbons (Fsp3) is 0.0800. The maximum absolute atomic E-state index is 13.3. The summed E-state index contributed by atoms with van der Waals surface area (Å²) >= 11 is 0. The van der Waals surface area contributed by atoms with Gasteiger partial charge < -0.3 is 11.1 Å². The largest absolute Gasteiger partial charge is 0.383 e. The van der Waals surface area contributed by atoms with E-state index in [0.717, 1.165) is 16.7 Å². The van der Waals surface area contributed by atoms with Crippen LogP contribution >= 0.6 is 0 Å². The van der Waals surface area contributed by atoms with Gasteiger partial charge in [0.2, 0.25) is 0 Å². The number of benzene rings is 2. The minimum absolute atomic E-state index is 0.159. The van der Waals surface area contributed by atoms with Gasteiger partial charge in [0.25, 0.3) is 5.91 Å². The number of fused-ring (bicyclic) bond motifs is 2. The molecule has 0 spiro atoms. The number of pyridine rings is 1. The molecule has 3 N–H and O–H groups in total. The molecule has 0 aliphatic carbocycles. The monoisotopic (exact) mass is 435 g/mol. The van der Waals surface area contributed by atoms with Gasteiger partial charge in [-0.2, -0.15) is 9.78 Å². The van der Waals surface area contributed by atoms with Crippen molar-refractivity contribution in [3.8, 4) is 0 Å². The Kier molecular flexibility index (Phi) is 5.02. The van der Waals surface area contributed by atoms with Crippen molar-refractivity contribution in [1.29, 1.82) is 0 Å². The Labute approximate surface area is 189 Å². The molecule has 5 rings (SSSR count). The summed E-state index contributed by atoms with van der Waals surface area (Å²) in [4.78, 5) is 26.8. The number of rotatable bonds is 4. The van der Waals surface area contributed by atoms with Crippen LogP contribution in [0.1, 0.15) is 27.0 Å². The van der Waals surface area contributed by atoms with Crippen LogP contribution in [0.25, 0.3) is 22.2 Å². The van der Waals surface area contributed by atoms with Gasteiger partial charge in [0, 0.05) is 18.1 Å². The van der Waals surface area contributed by atoms with Crippen molar-refractivity contribution in [3.63, 3.8) is 0 Å². The third-order valence-corrected chi connectivity index (χ3v) is 5.49. The molecule has 0 aliphatic heterocycles. The number of amides is 1. The smallest absolute Gasteiger partial charge is 0.261 e. The van der Waals surface area contributed by atoms with Crippen LogP contribution in [-0.2, 0) is 0 Å². The molecule has 8 nitrogen and oxygen atoms in total. The van der Waals surface area contributed by atoms with E-state index in [0.29, 0.717) is 27.9 Å². The van der Waals surface area contributed by atoms with Crippen LogP contribution in [0.2, 0.25) is 0 Å². The average molecular weight is 435 g/mol. The zero-order valence-corrected chi connectivity index (χ0v) is 18.1. The van der Waals surface area contributed by atoms with E-state index in [1.54, 1.807) is 18.6 Å². The molecule has 162 valence electrons. The third kappa shape index (κ3) is 3.78. The van der Waals surface area contributed by atoms with Crippen molar-refractivity contribution in [1.82, 2.24) is 19.6 Å². The number of nitrogens with two attached hydrogens (primary N) is 1. The molecule has 33 heavy (non-hydrogen) atoms. The molecule has 0 bridgehead atoms. The van der Waals surface area contributed by atoms with Crippen LogP contribution in [0, 0.1) is 13.8 Å². The van der Waals surface area contributed by atoms with Crippen LogP contribution < -0.4 is 11.1 Å². The number of carbonyl (C=O) groups excluding carboxylic acids is 1. The van der Waals surface area contributed by atoms with Crippen molar-refractivity contribution in [2.45, 2.75) is 13.8 Å². The van der Waals surface area contributed by atoms with E-state index >= 15 is 0 Å². The Hall–Kier alpha value is -4.59. The first-order chi connectivity index (χ1) is 16.0. The molecule has 0 saturated carbocycles. The topological polar surface area (TPSA) is 111 Å². The zero-order chi connectivity index (χ0) is 22.9. The van der Waals surface area contributed by atoms with Gasteiger partial charge in [0.15, 0.2) is 5.65 Å². The SMILES string of the molecule is Cc1ccc(NC(=O)c2c(N)n(N=Cc3ccncc3)c3nc4ccccc4nc23)cc1C. The van der Waals surface area contributed by atoms with Gasteiger partial charge in [0.1, 0.15) is 16.9 Å². The number of carbonyl (C=O) groups is 1. The highest BCUT2D eigenvalue weighted by molar-refractivity contribution is 6.16. The zero-order valence-electron chi connectivity index (χ0n) is 18.1. The number of anilines is 2. The first-order valence-electron chi connectivity index (χ1n) is 10.4. The van der Waals surface area contributed by atoms with E-state index in [1.807, 2.05) is 68.4 Å². The quantitative estimate of drug-likeness (QED) is 0.409. The maximum atomic E-state index is 13.3. The normalized spacial score (nSPS) is 11.5. The highest BCUT2D eigenvalue weighted by Crippen LogP contribution is 2.29. The van der Waals surface area contributed by atoms with Crippen LogP contribution in [0.5, 0.6) is 0 Å². The van der Waals surface area contributed by atoms with Crippen molar-refractivity contribution in [3.05, 3.63) is 89.2 Å². The Morgan fingerprint density at radius 1 is 1.00 bits per heavy atom. The maximum Gasteiger partial charge on any atom is 0.261 e. The van der Waals surface area contributed by atoms with E-state index in [9.17, 15) is 4.79 Å². The molecule has 1 amide bonds. The predicted octanol–water partition coefficient (Wildman–Crippen LogP) is 4.31. The summed E-state index contributed by atoms with van der Waals surface area (Å²) in [7, 11) is 0. The summed E-state index contributed by atoms with van der Waals surface area (Å²) in [6, 6.07) is 16.8. The fourth-order valence-corrected chi connectivity index (χ4v) is 3.57. The molecule has 5 aromatic rings. The van der Waals surface area contributed by atoms with E-state index in [2.05, 4.69) is 15.4 Å². The molecule has 8 heteroatoms. The molecule has 0 saturated heterocycles. The second kappa shape index (κ2) is 8.16. The number of aromatic nitrogens is 4. The average Bonchev–Trinajstić information content (AvgIpc) is 3.09. The van der Waals surface area contributed by atoms with Crippen molar-refractivity contribution >= 4 is 45.8 Å². The standard InChI is InChI=1S/C25H21N7O/c1-15-7-8-18(13-16(15)2)29-25(33)21-22-24(31-20-6-4-3-5-19(20)30-22)32(23(21)26)28-14-17-9-11-27-12-10-17/h3-14H,26H2,1-2H3,(H,29,33).